The van der Waals surface area contributed by atoms with Crippen LogP contribution in [-0.2, 0) is 16.6 Å². The Morgan fingerprint density at radius 2 is 1.81 bits per heavy atom. The van der Waals surface area contributed by atoms with Gasteiger partial charge in [0.1, 0.15) is 5.82 Å². The summed E-state index contributed by atoms with van der Waals surface area (Å²) in [5.41, 5.74) is 1.39. The molecule has 140 valence electrons. The maximum absolute atomic E-state index is 12.6. The van der Waals surface area contributed by atoms with E-state index in [9.17, 15) is 4.79 Å². The standard InChI is InChI=1S/C19H19Cl2N5O/c1-19(2,3)15-11-16(26(25-15)18-22-7-4-8-23-18)24-17(27)10-12-5-6-13(20)14(21)9-12/h4-9,11H,10H2,1-3H3,(H,24,27). The largest absolute Gasteiger partial charge is 0.310 e. The molecule has 0 atom stereocenters. The van der Waals surface area contributed by atoms with Gasteiger partial charge in [-0.15, -0.1) is 0 Å². The van der Waals surface area contributed by atoms with E-state index in [1.807, 2.05) is 26.8 Å². The first-order valence-electron chi connectivity index (χ1n) is 8.36. The molecule has 1 N–H and O–H groups in total. The quantitative estimate of drug-likeness (QED) is 0.698. The van der Waals surface area contributed by atoms with Gasteiger partial charge in [-0.25, -0.2) is 9.97 Å². The van der Waals surface area contributed by atoms with Gasteiger partial charge in [-0.3, -0.25) is 4.79 Å². The lowest BCUT2D eigenvalue weighted by molar-refractivity contribution is -0.115. The molecule has 0 aliphatic carbocycles. The topological polar surface area (TPSA) is 72.7 Å². The molecule has 6 nitrogen and oxygen atoms in total. The smallest absolute Gasteiger partial charge is 0.252 e. The van der Waals surface area contributed by atoms with Crippen LogP contribution in [0.4, 0.5) is 5.82 Å². The lowest BCUT2D eigenvalue weighted by Crippen LogP contribution is -2.18. The molecule has 0 bridgehead atoms. The zero-order valence-electron chi connectivity index (χ0n) is 15.2. The zero-order chi connectivity index (χ0) is 19.6. The Hall–Kier alpha value is -2.44. The van der Waals surface area contributed by atoms with Gasteiger partial charge in [0.2, 0.25) is 5.91 Å². The average Bonchev–Trinajstić information content (AvgIpc) is 3.03. The molecule has 1 aromatic carbocycles. The molecule has 0 fully saturated rings. The van der Waals surface area contributed by atoms with Gasteiger partial charge >= 0.3 is 0 Å². The number of nitrogens with zero attached hydrogens (tertiary/aromatic N) is 4. The van der Waals surface area contributed by atoms with Crippen molar-refractivity contribution in [3.8, 4) is 5.95 Å². The molecule has 2 heterocycles. The predicted molar refractivity (Wildman–Crippen MR) is 107 cm³/mol. The lowest BCUT2D eigenvalue weighted by Gasteiger charge is -2.13. The fourth-order valence-electron chi connectivity index (χ4n) is 2.41. The third-order valence-corrected chi connectivity index (χ3v) is 4.57. The van der Waals surface area contributed by atoms with E-state index in [2.05, 4.69) is 20.4 Å². The molecule has 27 heavy (non-hydrogen) atoms. The molecular weight excluding hydrogens is 385 g/mol. The summed E-state index contributed by atoms with van der Waals surface area (Å²) in [5.74, 6) is 0.694. The molecule has 3 aromatic rings. The third-order valence-electron chi connectivity index (χ3n) is 3.84. The Bertz CT molecular complexity index is 964. The highest BCUT2D eigenvalue weighted by molar-refractivity contribution is 6.42. The van der Waals surface area contributed by atoms with Crippen molar-refractivity contribution in [2.45, 2.75) is 32.6 Å². The number of anilines is 1. The van der Waals surface area contributed by atoms with Gasteiger partial charge in [0.05, 0.1) is 22.2 Å². The summed E-state index contributed by atoms with van der Waals surface area (Å²) in [6, 6.07) is 8.68. The number of hydrogen-bond acceptors (Lipinski definition) is 4. The molecule has 0 unspecified atom stereocenters. The number of carbonyl (C=O) groups is 1. The van der Waals surface area contributed by atoms with Crippen molar-refractivity contribution >= 4 is 34.9 Å². The van der Waals surface area contributed by atoms with Crippen LogP contribution >= 0.6 is 23.2 Å². The molecule has 2 aromatic heterocycles. The summed E-state index contributed by atoms with van der Waals surface area (Å²) in [6.45, 7) is 6.15. The van der Waals surface area contributed by atoms with Gasteiger partial charge in [0.25, 0.3) is 5.95 Å². The van der Waals surface area contributed by atoms with Crippen molar-refractivity contribution in [2.24, 2.45) is 0 Å². The van der Waals surface area contributed by atoms with Gasteiger partial charge in [-0.2, -0.15) is 9.78 Å². The van der Waals surface area contributed by atoms with Gasteiger partial charge in [0, 0.05) is 23.9 Å². The van der Waals surface area contributed by atoms with Gasteiger partial charge in [-0.05, 0) is 23.8 Å². The normalized spacial score (nSPS) is 11.4. The summed E-state index contributed by atoms with van der Waals surface area (Å²) in [7, 11) is 0. The summed E-state index contributed by atoms with van der Waals surface area (Å²) >= 11 is 11.9. The van der Waals surface area contributed by atoms with Crippen LogP contribution < -0.4 is 5.32 Å². The first kappa shape index (κ1) is 19.3. The minimum absolute atomic E-state index is 0.155. The van der Waals surface area contributed by atoms with Crippen molar-refractivity contribution < 1.29 is 4.79 Å². The average molecular weight is 404 g/mol. The lowest BCUT2D eigenvalue weighted by atomic mass is 9.92. The van der Waals surface area contributed by atoms with E-state index >= 15 is 0 Å². The minimum Gasteiger partial charge on any atom is -0.310 e. The SMILES string of the molecule is CC(C)(C)c1cc(NC(=O)Cc2ccc(Cl)c(Cl)c2)n(-c2ncccn2)n1. The predicted octanol–water partition coefficient (Wildman–Crippen LogP) is 4.45. The molecule has 0 radical (unpaired) electrons. The van der Waals surface area contributed by atoms with E-state index in [0.717, 1.165) is 11.3 Å². The van der Waals surface area contributed by atoms with Crippen molar-refractivity contribution in [3.05, 3.63) is 64.0 Å². The number of carbonyl (C=O) groups excluding carboxylic acids is 1. The highest BCUT2D eigenvalue weighted by atomic mass is 35.5. The number of hydrogen-bond donors (Lipinski definition) is 1. The monoisotopic (exact) mass is 403 g/mol. The van der Waals surface area contributed by atoms with E-state index in [1.165, 1.54) is 4.68 Å². The summed E-state index contributed by atoms with van der Waals surface area (Å²) in [5, 5.41) is 8.34. The number of halogens is 2. The van der Waals surface area contributed by atoms with Crippen LogP contribution in [0.15, 0.2) is 42.7 Å². The van der Waals surface area contributed by atoms with E-state index in [1.54, 1.807) is 36.7 Å². The van der Waals surface area contributed by atoms with E-state index in [4.69, 9.17) is 23.2 Å². The number of nitrogens with one attached hydrogen (secondary N) is 1. The fraction of sp³-hybridized carbons (Fsp3) is 0.263. The highest BCUT2D eigenvalue weighted by Crippen LogP contribution is 2.26. The second-order valence-electron chi connectivity index (χ2n) is 7.10. The van der Waals surface area contributed by atoms with Crippen molar-refractivity contribution in [1.82, 2.24) is 19.7 Å². The number of amides is 1. The first-order chi connectivity index (χ1) is 12.7. The van der Waals surface area contributed by atoms with Gasteiger partial charge in [0.15, 0.2) is 0 Å². The molecule has 3 rings (SSSR count). The first-order valence-corrected chi connectivity index (χ1v) is 9.11. The Morgan fingerprint density at radius 1 is 1.11 bits per heavy atom. The Labute approximate surface area is 167 Å². The van der Waals surface area contributed by atoms with E-state index in [0.29, 0.717) is 21.8 Å². The summed E-state index contributed by atoms with van der Waals surface area (Å²) in [4.78, 5) is 21.0. The molecule has 0 saturated heterocycles. The zero-order valence-corrected chi connectivity index (χ0v) is 16.7. The highest BCUT2D eigenvalue weighted by Gasteiger charge is 2.22. The van der Waals surface area contributed by atoms with Crippen LogP contribution in [0.2, 0.25) is 10.0 Å². The minimum atomic E-state index is -0.203. The van der Waals surface area contributed by atoms with Crippen LogP contribution in [0, 0.1) is 0 Å². The molecule has 0 spiro atoms. The molecule has 0 saturated carbocycles. The van der Waals surface area contributed by atoms with Gasteiger partial charge in [-0.1, -0.05) is 50.0 Å². The molecule has 8 heteroatoms. The molecular formula is C19H19Cl2N5O. The number of aromatic nitrogens is 4. The Kier molecular flexibility index (Phi) is 5.48. The van der Waals surface area contributed by atoms with Crippen LogP contribution in [0.3, 0.4) is 0 Å². The van der Waals surface area contributed by atoms with Gasteiger partial charge < -0.3 is 5.32 Å². The fourth-order valence-corrected chi connectivity index (χ4v) is 2.73. The molecule has 1 amide bonds. The van der Waals surface area contributed by atoms with E-state index in [-0.39, 0.29) is 17.7 Å². The van der Waals surface area contributed by atoms with Crippen molar-refractivity contribution in [2.75, 3.05) is 5.32 Å². The second-order valence-corrected chi connectivity index (χ2v) is 7.91. The molecule has 0 aliphatic heterocycles. The van der Waals surface area contributed by atoms with E-state index < -0.39 is 0 Å². The van der Waals surface area contributed by atoms with Crippen molar-refractivity contribution in [3.63, 3.8) is 0 Å². The van der Waals surface area contributed by atoms with Crippen LogP contribution in [0.5, 0.6) is 0 Å². The Morgan fingerprint density at radius 3 is 2.44 bits per heavy atom. The Balaban J connectivity index is 1.87. The number of benzene rings is 1. The summed E-state index contributed by atoms with van der Waals surface area (Å²) < 4.78 is 1.54. The van der Waals surface area contributed by atoms with Crippen LogP contribution in [0.25, 0.3) is 5.95 Å². The number of rotatable bonds is 4. The summed E-state index contributed by atoms with van der Waals surface area (Å²) in [6.07, 6.45) is 3.41. The molecule has 0 aliphatic rings. The third kappa shape index (κ3) is 4.64. The van der Waals surface area contributed by atoms with Crippen LogP contribution in [0.1, 0.15) is 32.0 Å². The second kappa shape index (κ2) is 7.66. The maximum atomic E-state index is 12.6. The van der Waals surface area contributed by atoms with Crippen molar-refractivity contribution in [1.29, 1.82) is 0 Å². The maximum Gasteiger partial charge on any atom is 0.252 e. The van der Waals surface area contributed by atoms with Crippen LogP contribution in [-0.4, -0.2) is 25.7 Å².